The topological polar surface area (TPSA) is 48.0 Å². The summed E-state index contributed by atoms with van der Waals surface area (Å²) >= 11 is 0. The van der Waals surface area contributed by atoms with Gasteiger partial charge in [0.2, 0.25) is 5.91 Å². The van der Waals surface area contributed by atoms with E-state index in [1.807, 2.05) is 36.1 Å². The molecule has 2 aliphatic heterocycles. The van der Waals surface area contributed by atoms with Gasteiger partial charge in [-0.25, -0.2) is 0 Å². The first kappa shape index (κ1) is 17.1. The lowest BCUT2D eigenvalue weighted by Crippen LogP contribution is -2.35. The van der Waals surface area contributed by atoms with E-state index in [9.17, 15) is 4.79 Å². The van der Waals surface area contributed by atoms with E-state index in [0.717, 1.165) is 50.3 Å². The Hall–Kier alpha value is -1.75. The van der Waals surface area contributed by atoms with Gasteiger partial charge in [0.1, 0.15) is 6.61 Å². The molecule has 0 aromatic heterocycles. The van der Waals surface area contributed by atoms with Crippen LogP contribution < -0.4 is 9.47 Å². The zero-order chi connectivity index (χ0) is 16.8. The van der Waals surface area contributed by atoms with E-state index >= 15 is 0 Å². The van der Waals surface area contributed by atoms with Gasteiger partial charge in [0.15, 0.2) is 11.5 Å². The molecule has 3 rings (SSSR count). The summed E-state index contributed by atoms with van der Waals surface area (Å²) in [5, 5.41) is 0. The van der Waals surface area contributed by atoms with Crippen LogP contribution >= 0.6 is 0 Å². The molecule has 1 atom stereocenters. The molecule has 132 valence electrons. The summed E-state index contributed by atoms with van der Waals surface area (Å²) in [5.41, 5.74) is -0.0488. The molecule has 1 aromatic carbocycles. The Balaban J connectivity index is 1.52. The Morgan fingerprint density at radius 3 is 2.67 bits per heavy atom. The Bertz CT molecular complexity index is 554. The molecule has 0 bridgehead atoms. The molecular formula is C19H27NO4. The number of benzene rings is 1. The quantitative estimate of drug-likeness (QED) is 0.803. The SMILES string of the molecule is CCOc1ccccc1OCCN1CC[C@]2(CCCO2)CCC1=O. The van der Waals surface area contributed by atoms with Crippen molar-refractivity contribution >= 4 is 5.91 Å². The van der Waals surface area contributed by atoms with Crippen molar-refractivity contribution in [2.24, 2.45) is 0 Å². The molecule has 0 aliphatic carbocycles. The summed E-state index contributed by atoms with van der Waals surface area (Å²) in [4.78, 5) is 14.3. The van der Waals surface area contributed by atoms with Crippen LogP contribution in [0.3, 0.4) is 0 Å². The third kappa shape index (κ3) is 4.01. The molecule has 0 saturated carbocycles. The van der Waals surface area contributed by atoms with Gasteiger partial charge in [-0.3, -0.25) is 4.79 Å². The Morgan fingerprint density at radius 1 is 1.17 bits per heavy atom. The smallest absolute Gasteiger partial charge is 0.222 e. The Labute approximate surface area is 143 Å². The molecule has 1 spiro atoms. The highest BCUT2D eigenvalue weighted by Gasteiger charge is 2.38. The molecule has 0 radical (unpaired) electrons. The minimum atomic E-state index is -0.0488. The van der Waals surface area contributed by atoms with E-state index in [1.54, 1.807) is 0 Å². The van der Waals surface area contributed by atoms with Crippen LogP contribution in [0.15, 0.2) is 24.3 Å². The lowest BCUT2D eigenvalue weighted by Gasteiger charge is -2.26. The second kappa shape index (κ2) is 7.88. The van der Waals surface area contributed by atoms with Crippen LogP contribution in [0.1, 0.15) is 39.0 Å². The highest BCUT2D eigenvalue weighted by atomic mass is 16.5. The Kier molecular flexibility index (Phi) is 5.61. The molecule has 5 nitrogen and oxygen atoms in total. The lowest BCUT2D eigenvalue weighted by atomic mass is 9.92. The minimum absolute atomic E-state index is 0.0488. The van der Waals surface area contributed by atoms with Gasteiger partial charge in [0.05, 0.1) is 18.8 Å². The van der Waals surface area contributed by atoms with Gasteiger partial charge in [-0.1, -0.05) is 12.1 Å². The molecular weight excluding hydrogens is 306 g/mol. The normalized spacial score (nSPS) is 24.2. The summed E-state index contributed by atoms with van der Waals surface area (Å²) < 4.78 is 17.4. The second-order valence-corrected chi connectivity index (χ2v) is 6.49. The predicted molar refractivity (Wildman–Crippen MR) is 91.5 cm³/mol. The fraction of sp³-hybridized carbons (Fsp3) is 0.632. The maximum Gasteiger partial charge on any atom is 0.222 e. The van der Waals surface area contributed by atoms with Crippen LogP contribution in [0.2, 0.25) is 0 Å². The largest absolute Gasteiger partial charge is 0.490 e. The lowest BCUT2D eigenvalue weighted by molar-refractivity contribution is -0.131. The summed E-state index contributed by atoms with van der Waals surface area (Å²) in [6, 6.07) is 7.65. The van der Waals surface area contributed by atoms with E-state index in [0.29, 0.717) is 26.2 Å². The number of amides is 1. The molecule has 0 N–H and O–H groups in total. The van der Waals surface area contributed by atoms with Gasteiger partial charge in [-0.15, -0.1) is 0 Å². The zero-order valence-corrected chi connectivity index (χ0v) is 14.5. The second-order valence-electron chi connectivity index (χ2n) is 6.49. The van der Waals surface area contributed by atoms with Gasteiger partial charge >= 0.3 is 0 Å². The van der Waals surface area contributed by atoms with E-state index in [2.05, 4.69) is 0 Å². The van der Waals surface area contributed by atoms with Crippen LogP contribution in [0.25, 0.3) is 0 Å². The number of carbonyl (C=O) groups excluding carboxylic acids is 1. The molecule has 5 heteroatoms. The van der Waals surface area contributed by atoms with Crippen molar-refractivity contribution in [3.05, 3.63) is 24.3 Å². The molecule has 2 heterocycles. The van der Waals surface area contributed by atoms with Gasteiger partial charge in [-0.05, 0) is 44.7 Å². The summed E-state index contributed by atoms with van der Waals surface area (Å²) in [6.45, 7) is 5.24. The highest BCUT2D eigenvalue weighted by molar-refractivity contribution is 5.76. The third-order valence-corrected chi connectivity index (χ3v) is 4.94. The van der Waals surface area contributed by atoms with Crippen molar-refractivity contribution in [2.45, 2.75) is 44.6 Å². The van der Waals surface area contributed by atoms with Crippen molar-refractivity contribution in [1.29, 1.82) is 0 Å². The van der Waals surface area contributed by atoms with E-state index in [-0.39, 0.29) is 11.5 Å². The molecule has 2 aliphatic rings. The number of hydrogen-bond donors (Lipinski definition) is 0. The van der Waals surface area contributed by atoms with Gasteiger partial charge in [-0.2, -0.15) is 0 Å². The summed E-state index contributed by atoms with van der Waals surface area (Å²) in [6.07, 6.45) is 4.58. The number of rotatable bonds is 6. The maximum absolute atomic E-state index is 12.4. The van der Waals surface area contributed by atoms with Crippen molar-refractivity contribution in [1.82, 2.24) is 4.90 Å². The van der Waals surface area contributed by atoms with Crippen molar-refractivity contribution in [2.75, 3.05) is 32.9 Å². The zero-order valence-electron chi connectivity index (χ0n) is 14.5. The molecule has 1 aromatic rings. The average Bonchev–Trinajstić information content (AvgIpc) is 3.00. The van der Waals surface area contributed by atoms with E-state index in [1.165, 1.54) is 0 Å². The first-order valence-electron chi connectivity index (χ1n) is 8.99. The van der Waals surface area contributed by atoms with Crippen LogP contribution in [0.5, 0.6) is 11.5 Å². The van der Waals surface area contributed by atoms with E-state index < -0.39 is 0 Å². The van der Waals surface area contributed by atoms with Crippen LogP contribution in [0, 0.1) is 0 Å². The number of likely N-dealkylation sites (tertiary alicyclic amines) is 1. The number of carbonyl (C=O) groups is 1. The summed E-state index contributed by atoms with van der Waals surface area (Å²) in [5.74, 6) is 1.70. The fourth-order valence-corrected chi connectivity index (χ4v) is 3.58. The van der Waals surface area contributed by atoms with Crippen molar-refractivity contribution in [3.8, 4) is 11.5 Å². The first-order valence-corrected chi connectivity index (χ1v) is 8.99. The third-order valence-electron chi connectivity index (χ3n) is 4.94. The van der Waals surface area contributed by atoms with E-state index in [4.69, 9.17) is 14.2 Å². The standard InChI is InChI=1S/C19H27NO4/c1-2-22-16-6-3-4-7-17(16)23-15-13-20-12-11-19(9-5-14-24-19)10-8-18(20)21/h3-4,6-7H,2,5,8-15H2,1H3/t19-/m0/s1. The van der Waals surface area contributed by atoms with Gasteiger partial charge in [0, 0.05) is 19.6 Å². The average molecular weight is 333 g/mol. The number of hydrogen-bond acceptors (Lipinski definition) is 4. The van der Waals surface area contributed by atoms with Crippen molar-refractivity contribution < 1.29 is 19.0 Å². The van der Waals surface area contributed by atoms with Gasteiger partial charge in [0.25, 0.3) is 0 Å². The van der Waals surface area contributed by atoms with Crippen LogP contribution in [-0.2, 0) is 9.53 Å². The predicted octanol–water partition coefficient (Wildman–Crippen LogP) is 3.03. The number of para-hydroxylation sites is 2. The molecule has 1 amide bonds. The molecule has 2 saturated heterocycles. The number of nitrogens with zero attached hydrogens (tertiary/aromatic N) is 1. The fourth-order valence-electron chi connectivity index (χ4n) is 3.58. The molecule has 2 fully saturated rings. The first-order chi connectivity index (χ1) is 11.7. The van der Waals surface area contributed by atoms with Crippen LogP contribution in [0.4, 0.5) is 0 Å². The highest BCUT2D eigenvalue weighted by Crippen LogP contribution is 2.36. The monoisotopic (exact) mass is 333 g/mol. The van der Waals surface area contributed by atoms with Crippen LogP contribution in [-0.4, -0.2) is 49.3 Å². The van der Waals surface area contributed by atoms with Gasteiger partial charge < -0.3 is 19.1 Å². The summed E-state index contributed by atoms with van der Waals surface area (Å²) in [7, 11) is 0. The minimum Gasteiger partial charge on any atom is -0.490 e. The molecule has 24 heavy (non-hydrogen) atoms. The molecule has 0 unspecified atom stereocenters. The maximum atomic E-state index is 12.4. The Morgan fingerprint density at radius 2 is 1.96 bits per heavy atom. The van der Waals surface area contributed by atoms with Crippen molar-refractivity contribution in [3.63, 3.8) is 0 Å². The number of ether oxygens (including phenoxy) is 3.